The minimum atomic E-state index is 0.0676. The van der Waals surface area contributed by atoms with Crippen LogP contribution in [0.1, 0.15) is 52.9 Å². The summed E-state index contributed by atoms with van der Waals surface area (Å²) in [6, 6.07) is 0. The number of carbonyl (C=O) groups is 1. The molecule has 0 aromatic carbocycles. The SMILES string of the molecule is CCCC(CCC)C(=O)N(CCC)CC(N)=NO. The third-order valence-electron chi connectivity index (χ3n) is 2.91. The number of rotatable bonds is 9. The van der Waals surface area contributed by atoms with Crippen LogP contribution in [0.2, 0.25) is 0 Å². The number of hydrogen-bond acceptors (Lipinski definition) is 3. The van der Waals surface area contributed by atoms with Gasteiger partial charge in [-0.3, -0.25) is 4.79 Å². The predicted octanol–water partition coefficient (Wildman–Crippen LogP) is 2.19. The fourth-order valence-corrected chi connectivity index (χ4v) is 2.11. The highest BCUT2D eigenvalue weighted by atomic mass is 16.4. The number of nitrogens with zero attached hydrogens (tertiary/aromatic N) is 2. The van der Waals surface area contributed by atoms with Crippen molar-refractivity contribution >= 4 is 11.7 Å². The van der Waals surface area contributed by atoms with Crippen molar-refractivity contribution in [3.8, 4) is 0 Å². The number of amides is 1. The largest absolute Gasteiger partial charge is 0.409 e. The zero-order valence-corrected chi connectivity index (χ0v) is 11.9. The minimum absolute atomic E-state index is 0.0676. The Hall–Kier alpha value is -1.26. The van der Waals surface area contributed by atoms with Crippen LogP contribution in [0.15, 0.2) is 5.16 Å². The Morgan fingerprint density at radius 2 is 1.78 bits per heavy atom. The second-order valence-corrected chi connectivity index (χ2v) is 4.63. The number of nitrogens with two attached hydrogens (primary N) is 1. The third-order valence-corrected chi connectivity index (χ3v) is 2.91. The molecule has 0 aromatic heterocycles. The van der Waals surface area contributed by atoms with Gasteiger partial charge >= 0.3 is 0 Å². The van der Waals surface area contributed by atoms with Crippen molar-refractivity contribution in [1.29, 1.82) is 0 Å². The van der Waals surface area contributed by atoms with Crippen LogP contribution in [0.3, 0.4) is 0 Å². The van der Waals surface area contributed by atoms with E-state index < -0.39 is 0 Å². The first kappa shape index (κ1) is 16.7. The second kappa shape index (κ2) is 9.74. The van der Waals surface area contributed by atoms with E-state index in [4.69, 9.17) is 10.9 Å². The summed E-state index contributed by atoms with van der Waals surface area (Å²) >= 11 is 0. The van der Waals surface area contributed by atoms with E-state index in [1.165, 1.54) is 0 Å². The van der Waals surface area contributed by atoms with Gasteiger partial charge in [-0.15, -0.1) is 0 Å². The summed E-state index contributed by atoms with van der Waals surface area (Å²) in [6.07, 6.45) is 4.68. The molecule has 0 aliphatic rings. The van der Waals surface area contributed by atoms with Crippen molar-refractivity contribution in [2.75, 3.05) is 13.1 Å². The Kier molecular flexibility index (Phi) is 9.06. The van der Waals surface area contributed by atoms with Crippen LogP contribution in [-0.2, 0) is 4.79 Å². The molecule has 0 rings (SSSR count). The molecule has 0 radical (unpaired) electrons. The summed E-state index contributed by atoms with van der Waals surface area (Å²) in [5.74, 6) is 0.286. The lowest BCUT2D eigenvalue weighted by molar-refractivity contribution is -0.135. The van der Waals surface area contributed by atoms with E-state index in [1.54, 1.807) is 4.90 Å². The smallest absolute Gasteiger partial charge is 0.226 e. The summed E-state index contributed by atoms with van der Waals surface area (Å²) in [5.41, 5.74) is 5.50. The fraction of sp³-hybridized carbons (Fsp3) is 0.846. The highest BCUT2D eigenvalue weighted by Gasteiger charge is 2.23. The lowest BCUT2D eigenvalue weighted by Crippen LogP contribution is -2.42. The van der Waals surface area contributed by atoms with Crippen molar-refractivity contribution in [2.24, 2.45) is 16.8 Å². The van der Waals surface area contributed by atoms with Crippen molar-refractivity contribution in [3.05, 3.63) is 0 Å². The number of oxime groups is 1. The molecule has 0 bridgehead atoms. The van der Waals surface area contributed by atoms with Gasteiger partial charge in [0.15, 0.2) is 5.84 Å². The summed E-state index contributed by atoms with van der Waals surface area (Å²) in [6.45, 7) is 7.06. The first-order valence-corrected chi connectivity index (χ1v) is 6.85. The van der Waals surface area contributed by atoms with Crippen molar-refractivity contribution < 1.29 is 10.0 Å². The Morgan fingerprint density at radius 1 is 1.22 bits per heavy atom. The molecule has 0 saturated heterocycles. The second-order valence-electron chi connectivity index (χ2n) is 4.63. The van der Waals surface area contributed by atoms with Crippen LogP contribution in [0.25, 0.3) is 0 Å². The molecule has 0 atom stereocenters. The molecule has 5 nitrogen and oxygen atoms in total. The zero-order chi connectivity index (χ0) is 14.0. The van der Waals surface area contributed by atoms with E-state index in [9.17, 15) is 4.79 Å². The van der Waals surface area contributed by atoms with Gasteiger partial charge in [-0.25, -0.2) is 0 Å². The average molecular weight is 257 g/mol. The van der Waals surface area contributed by atoms with Gasteiger partial charge in [0.1, 0.15) is 0 Å². The molecule has 0 aromatic rings. The third kappa shape index (κ3) is 5.89. The molecule has 0 aliphatic heterocycles. The molecule has 0 fully saturated rings. The van der Waals surface area contributed by atoms with Gasteiger partial charge in [0, 0.05) is 12.5 Å². The molecule has 1 amide bonds. The molecular weight excluding hydrogens is 230 g/mol. The molecule has 5 heteroatoms. The molecule has 0 spiro atoms. The van der Waals surface area contributed by atoms with Crippen molar-refractivity contribution in [1.82, 2.24) is 4.90 Å². The maximum absolute atomic E-state index is 12.4. The van der Waals surface area contributed by atoms with Gasteiger partial charge < -0.3 is 15.8 Å². The number of hydrogen-bond donors (Lipinski definition) is 2. The zero-order valence-electron chi connectivity index (χ0n) is 11.9. The molecular formula is C13H27N3O2. The standard InChI is InChI=1S/C13H27N3O2/c1-4-7-11(8-5-2)13(17)16(9-6-3)10-12(14)15-18/h11,18H,4-10H2,1-3H3,(H2,14,15). The van der Waals surface area contributed by atoms with Crippen molar-refractivity contribution in [3.63, 3.8) is 0 Å². The van der Waals surface area contributed by atoms with E-state index in [2.05, 4.69) is 19.0 Å². The Morgan fingerprint density at radius 3 is 2.17 bits per heavy atom. The summed E-state index contributed by atoms with van der Waals surface area (Å²) < 4.78 is 0. The minimum Gasteiger partial charge on any atom is -0.409 e. The number of carbonyl (C=O) groups excluding carboxylic acids is 1. The van der Waals surface area contributed by atoms with Crippen LogP contribution in [-0.4, -0.2) is 34.9 Å². The molecule has 0 unspecified atom stereocenters. The Balaban J connectivity index is 4.68. The molecule has 0 heterocycles. The molecule has 106 valence electrons. The van der Waals surface area contributed by atoms with Crippen molar-refractivity contribution in [2.45, 2.75) is 52.9 Å². The van der Waals surface area contributed by atoms with Gasteiger partial charge in [-0.05, 0) is 19.3 Å². The van der Waals surface area contributed by atoms with Gasteiger partial charge in [0.05, 0.1) is 6.54 Å². The Labute approximate surface area is 110 Å². The molecule has 0 saturated carbocycles. The summed E-state index contributed by atoms with van der Waals surface area (Å²) in [5, 5.41) is 11.5. The van der Waals surface area contributed by atoms with Crippen LogP contribution in [0.4, 0.5) is 0 Å². The lowest BCUT2D eigenvalue weighted by atomic mass is 9.96. The van der Waals surface area contributed by atoms with Gasteiger partial charge in [-0.2, -0.15) is 0 Å². The predicted molar refractivity (Wildman–Crippen MR) is 73.6 cm³/mol. The number of amidine groups is 1. The van der Waals surface area contributed by atoms with Crippen LogP contribution in [0, 0.1) is 5.92 Å². The van der Waals surface area contributed by atoms with Crippen LogP contribution in [0.5, 0.6) is 0 Å². The van der Waals surface area contributed by atoms with Gasteiger partial charge in [0.25, 0.3) is 0 Å². The topological polar surface area (TPSA) is 78.9 Å². The first-order valence-electron chi connectivity index (χ1n) is 6.85. The fourth-order valence-electron chi connectivity index (χ4n) is 2.11. The lowest BCUT2D eigenvalue weighted by Gasteiger charge is -2.26. The maximum atomic E-state index is 12.4. The first-order chi connectivity index (χ1) is 8.60. The monoisotopic (exact) mass is 257 g/mol. The maximum Gasteiger partial charge on any atom is 0.226 e. The van der Waals surface area contributed by atoms with E-state index >= 15 is 0 Å². The summed E-state index contributed by atoms with van der Waals surface area (Å²) in [4.78, 5) is 14.1. The quantitative estimate of drug-likeness (QED) is 0.287. The normalized spacial score (nSPS) is 11.9. The van der Waals surface area contributed by atoms with Gasteiger partial charge in [0.2, 0.25) is 5.91 Å². The van der Waals surface area contributed by atoms with E-state index in [1.807, 2.05) is 6.92 Å². The average Bonchev–Trinajstić information content (AvgIpc) is 2.37. The molecule has 18 heavy (non-hydrogen) atoms. The van der Waals surface area contributed by atoms with E-state index in [-0.39, 0.29) is 24.2 Å². The van der Waals surface area contributed by atoms with E-state index in [0.29, 0.717) is 6.54 Å². The molecule has 3 N–H and O–H groups in total. The molecule has 0 aliphatic carbocycles. The highest BCUT2D eigenvalue weighted by molar-refractivity contribution is 5.87. The van der Waals surface area contributed by atoms with Crippen LogP contribution >= 0.6 is 0 Å². The summed E-state index contributed by atoms with van der Waals surface area (Å²) in [7, 11) is 0. The highest BCUT2D eigenvalue weighted by Crippen LogP contribution is 2.17. The van der Waals surface area contributed by atoms with Gasteiger partial charge in [-0.1, -0.05) is 38.8 Å². The Bertz CT molecular complexity index is 261. The van der Waals surface area contributed by atoms with E-state index in [0.717, 1.165) is 32.1 Å². The van der Waals surface area contributed by atoms with Crippen LogP contribution < -0.4 is 5.73 Å².